The number of rotatable bonds is 2. The monoisotopic (exact) mass is 276 g/mol. The molecule has 0 atom stereocenters. The normalized spacial score (nSPS) is 11.4. The quantitative estimate of drug-likeness (QED) is 0.787. The lowest BCUT2D eigenvalue weighted by atomic mass is 9.86. The van der Waals surface area contributed by atoms with Crippen molar-refractivity contribution in [3.8, 4) is 0 Å². The molecule has 0 spiro atoms. The van der Waals surface area contributed by atoms with Gasteiger partial charge in [0.15, 0.2) is 5.82 Å². The smallest absolute Gasteiger partial charge is 0.151 e. The molecule has 0 amide bonds. The SMILES string of the molecule is CC(C)(C)c1ccccc1Nc1cc(F)cc(F)c1N. The fourth-order valence-electron chi connectivity index (χ4n) is 2.08. The summed E-state index contributed by atoms with van der Waals surface area (Å²) in [6, 6.07) is 9.61. The Kier molecular flexibility index (Phi) is 3.66. The van der Waals surface area contributed by atoms with E-state index in [-0.39, 0.29) is 16.8 Å². The zero-order valence-corrected chi connectivity index (χ0v) is 11.8. The molecule has 2 rings (SSSR count). The lowest BCUT2D eigenvalue weighted by Gasteiger charge is -2.23. The highest BCUT2D eigenvalue weighted by Gasteiger charge is 2.18. The lowest BCUT2D eigenvalue weighted by molar-refractivity contribution is 0.587. The predicted molar refractivity (Wildman–Crippen MR) is 79.2 cm³/mol. The highest BCUT2D eigenvalue weighted by Crippen LogP contribution is 2.33. The third-order valence-electron chi connectivity index (χ3n) is 3.10. The van der Waals surface area contributed by atoms with Crippen LogP contribution in [0.4, 0.5) is 25.8 Å². The van der Waals surface area contributed by atoms with Gasteiger partial charge >= 0.3 is 0 Å². The van der Waals surface area contributed by atoms with Crippen molar-refractivity contribution in [3.05, 3.63) is 53.6 Å². The van der Waals surface area contributed by atoms with Gasteiger partial charge in [-0.05, 0) is 23.1 Å². The fourth-order valence-corrected chi connectivity index (χ4v) is 2.08. The van der Waals surface area contributed by atoms with Gasteiger partial charge in [-0.1, -0.05) is 39.0 Å². The molecule has 0 aromatic heterocycles. The molecular formula is C16H18F2N2. The van der Waals surface area contributed by atoms with Crippen LogP contribution in [0.25, 0.3) is 0 Å². The van der Waals surface area contributed by atoms with Gasteiger partial charge in [-0.25, -0.2) is 8.78 Å². The summed E-state index contributed by atoms with van der Waals surface area (Å²) in [5.41, 5.74) is 7.54. The van der Waals surface area contributed by atoms with E-state index in [0.29, 0.717) is 0 Å². The Labute approximate surface area is 117 Å². The molecule has 0 saturated carbocycles. The summed E-state index contributed by atoms with van der Waals surface area (Å²) in [4.78, 5) is 0. The maximum Gasteiger partial charge on any atom is 0.151 e. The van der Waals surface area contributed by atoms with Crippen molar-refractivity contribution < 1.29 is 8.78 Å². The third-order valence-corrected chi connectivity index (χ3v) is 3.10. The van der Waals surface area contributed by atoms with E-state index in [1.165, 1.54) is 6.07 Å². The largest absolute Gasteiger partial charge is 0.395 e. The van der Waals surface area contributed by atoms with Crippen LogP contribution >= 0.6 is 0 Å². The van der Waals surface area contributed by atoms with Crippen molar-refractivity contribution in [1.29, 1.82) is 0 Å². The summed E-state index contributed by atoms with van der Waals surface area (Å²) < 4.78 is 26.8. The van der Waals surface area contributed by atoms with Crippen molar-refractivity contribution in [2.45, 2.75) is 26.2 Å². The van der Waals surface area contributed by atoms with Crippen LogP contribution < -0.4 is 11.1 Å². The molecule has 0 fully saturated rings. The van der Waals surface area contributed by atoms with Crippen LogP contribution in [-0.2, 0) is 5.41 Å². The molecule has 0 unspecified atom stereocenters. The lowest BCUT2D eigenvalue weighted by Crippen LogP contribution is -2.14. The predicted octanol–water partition coefficient (Wildman–Crippen LogP) is 4.59. The second kappa shape index (κ2) is 5.12. The number of nitrogens with one attached hydrogen (secondary N) is 1. The van der Waals surface area contributed by atoms with Crippen molar-refractivity contribution in [1.82, 2.24) is 0 Å². The molecule has 0 bridgehead atoms. The number of anilines is 3. The van der Waals surface area contributed by atoms with Gasteiger partial charge in [-0.15, -0.1) is 0 Å². The molecule has 106 valence electrons. The average molecular weight is 276 g/mol. The maximum atomic E-state index is 13.5. The van der Waals surface area contributed by atoms with Crippen LogP contribution in [0.1, 0.15) is 26.3 Å². The van der Waals surface area contributed by atoms with E-state index < -0.39 is 11.6 Å². The summed E-state index contributed by atoms with van der Waals surface area (Å²) in [5, 5.41) is 3.02. The highest BCUT2D eigenvalue weighted by atomic mass is 19.1. The van der Waals surface area contributed by atoms with Gasteiger partial charge in [0.2, 0.25) is 0 Å². The average Bonchev–Trinajstić information content (AvgIpc) is 2.34. The van der Waals surface area contributed by atoms with Gasteiger partial charge in [0.25, 0.3) is 0 Å². The number of hydrogen-bond donors (Lipinski definition) is 2. The van der Waals surface area contributed by atoms with Gasteiger partial charge in [0, 0.05) is 11.8 Å². The van der Waals surface area contributed by atoms with Crippen LogP contribution in [0.2, 0.25) is 0 Å². The molecule has 0 radical (unpaired) electrons. The molecule has 3 N–H and O–H groups in total. The Morgan fingerprint density at radius 2 is 1.65 bits per heavy atom. The third kappa shape index (κ3) is 2.90. The van der Waals surface area contributed by atoms with Crippen LogP contribution in [0.3, 0.4) is 0 Å². The maximum absolute atomic E-state index is 13.5. The topological polar surface area (TPSA) is 38.0 Å². The zero-order valence-electron chi connectivity index (χ0n) is 11.8. The van der Waals surface area contributed by atoms with E-state index in [4.69, 9.17) is 5.73 Å². The molecule has 2 aromatic rings. The van der Waals surface area contributed by atoms with Crippen molar-refractivity contribution in [3.63, 3.8) is 0 Å². The van der Waals surface area contributed by atoms with E-state index >= 15 is 0 Å². The standard InChI is InChI=1S/C16H18F2N2/c1-16(2,3)11-6-4-5-7-13(11)20-14-9-10(17)8-12(18)15(14)19/h4-9,20H,19H2,1-3H3. The summed E-state index contributed by atoms with van der Waals surface area (Å²) >= 11 is 0. The highest BCUT2D eigenvalue weighted by molar-refractivity contribution is 5.74. The first-order valence-electron chi connectivity index (χ1n) is 6.40. The van der Waals surface area contributed by atoms with Gasteiger partial charge in [-0.2, -0.15) is 0 Å². The second-order valence-corrected chi connectivity index (χ2v) is 5.77. The molecule has 0 aliphatic carbocycles. The molecule has 4 heteroatoms. The summed E-state index contributed by atoms with van der Waals surface area (Å²) in [6.45, 7) is 6.22. The first kappa shape index (κ1) is 14.3. The van der Waals surface area contributed by atoms with Gasteiger partial charge < -0.3 is 11.1 Å². The Balaban J connectivity index is 2.46. The zero-order chi connectivity index (χ0) is 14.9. The molecule has 2 nitrogen and oxygen atoms in total. The van der Waals surface area contributed by atoms with Crippen molar-refractivity contribution in [2.24, 2.45) is 0 Å². The Hall–Kier alpha value is -2.10. The van der Waals surface area contributed by atoms with E-state index in [0.717, 1.165) is 17.3 Å². The number of nitrogens with two attached hydrogens (primary N) is 1. The summed E-state index contributed by atoms with van der Waals surface area (Å²) in [6.07, 6.45) is 0. The van der Waals surface area contributed by atoms with E-state index in [2.05, 4.69) is 26.1 Å². The molecule has 0 aliphatic heterocycles. The van der Waals surface area contributed by atoms with Gasteiger partial charge in [-0.3, -0.25) is 0 Å². The van der Waals surface area contributed by atoms with Crippen LogP contribution in [0.5, 0.6) is 0 Å². The Morgan fingerprint density at radius 1 is 1.00 bits per heavy atom. The van der Waals surface area contributed by atoms with Crippen LogP contribution in [0.15, 0.2) is 36.4 Å². The first-order valence-corrected chi connectivity index (χ1v) is 6.40. The number of nitrogen functional groups attached to an aromatic ring is 1. The van der Waals surface area contributed by atoms with Gasteiger partial charge in [0.1, 0.15) is 5.82 Å². The van der Waals surface area contributed by atoms with Crippen LogP contribution in [0, 0.1) is 11.6 Å². The second-order valence-electron chi connectivity index (χ2n) is 5.77. The minimum Gasteiger partial charge on any atom is -0.395 e. The molecule has 0 saturated heterocycles. The fraction of sp³-hybridized carbons (Fsp3) is 0.250. The number of benzene rings is 2. The number of halogens is 2. The van der Waals surface area contributed by atoms with E-state index in [1.807, 2.05) is 24.3 Å². The molecule has 20 heavy (non-hydrogen) atoms. The summed E-state index contributed by atoms with van der Waals surface area (Å²) in [5.74, 6) is -1.42. The number of hydrogen-bond acceptors (Lipinski definition) is 2. The molecular weight excluding hydrogens is 258 g/mol. The van der Waals surface area contributed by atoms with E-state index in [1.54, 1.807) is 0 Å². The minimum absolute atomic E-state index is 0.0879. The molecule has 0 heterocycles. The van der Waals surface area contributed by atoms with Gasteiger partial charge in [0.05, 0.1) is 11.4 Å². The van der Waals surface area contributed by atoms with Crippen molar-refractivity contribution >= 4 is 17.1 Å². The molecule has 0 aliphatic rings. The molecule has 2 aromatic carbocycles. The van der Waals surface area contributed by atoms with E-state index in [9.17, 15) is 8.78 Å². The van der Waals surface area contributed by atoms with Crippen molar-refractivity contribution in [2.75, 3.05) is 11.1 Å². The Morgan fingerprint density at radius 3 is 2.30 bits per heavy atom. The Bertz CT molecular complexity index is 631. The minimum atomic E-state index is -0.763. The summed E-state index contributed by atoms with van der Waals surface area (Å²) in [7, 11) is 0. The first-order chi connectivity index (χ1) is 9.29. The number of para-hydroxylation sites is 1. The van der Waals surface area contributed by atoms with Crippen LogP contribution in [-0.4, -0.2) is 0 Å².